The van der Waals surface area contributed by atoms with Crippen LogP contribution in [0.15, 0.2) is 60.7 Å². The fraction of sp³-hybridized carbons (Fsp3) is 0.333. The van der Waals surface area contributed by atoms with Gasteiger partial charge in [-0.1, -0.05) is 49.9 Å². The Morgan fingerprint density at radius 1 is 0.946 bits per heavy atom. The molecule has 0 N–H and O–H groups in total. The summed E-state index contributed by atoms with van der Waals surface area (Å²) in [6, 6.07) is 19.0. The van der Waals surface area contributed by atoms with E-state index >= 15 is 0 Å². The van der Waals surface area contributed by atoms with Crippen molar-refractivity contribution >= 4 is 28.6 Å². The molecule has 0 atom stereocenters. The number of aryl methyl sites for hydroxylation is 1. The van der Waals surface area contributed by atoms with Crippen LogP contribution >= 0.6 is 11.6 Å². The van der Waals surface area contributed by atoms with E-state index in [2.05, 4.69) is 11.5 Å². The molecule has 0 aliphatic heterocycles. The van der Waals surface area contributed by atoms with E-state index in [1.807, 2.05) is 54.6 Å². The van der Waals surface area contributed by atoms with Crippen LogP contribution in [0, 0.1) is 0 Å². The molecule has 0 unspecified atom stereocenters. The number of aromatic nitrogens is 2. The fourth-order valence-electron chi connectivity index (χ4n) is 4.28. The van der Waals surface area contributed by atoms with Crippen molar-refractivity contribution in [2.45, 2.75) is 52.7 Å². The van der Waals surface area contributed by atoms with Crippen LogP contribution < -0.4 is 9.47 Å². The van der Waals surface area contributed by atoms with E-state index in [-0.39, 0.29) is 5.97 Å². The van der Waals surface area contributed by atoms with Gasteiger partial charge in [-0.25, -0.2) is 9.78 Å². The number of unbranched alkanes of at least 4 members (excludes halogenated alkanes) is 3. The van der Waals surface area contributed by atoms with E-state index < -0.39 is 0 Å². The third kappa shape index (κ3) is 6.44. The van der Waals surface area contributed by atoms with Crippen LogP contribution in [0.4, 0.5) is 0 Å². The van der Waals surface area contributed by atoms with E-state index in [0.29, 0.717) is 35.3 Å². The number of carbonyl (C=O) groups is 1. The molecule has 0 aliphatic rings. The SMILES string of the molecule is CCCCCCn1c(-c2ccc(OCc3ccc(Cl)cc3)c(OC)c2)nc2cc(C(=O)OCC)ccc21. The quantitative estimate of drug-likeness (QED) is 0.141. The third-order valence-electron chi connectivity index (χ3n) is 6.22. The van der Waals surface area contributed by atoms with Gasteiger partial charge < -0.3 is 18.8 Å². The number of ether oxygens (including phenoxy) is 3. The van der Waals surface area contributed by atoms with Crippen LogP contribution in [-0.4, -0.2) is 29.2 Å². The molecule has 4 rings (SSSR count). The Kier molecular flexibility index (Phi) is 9.07. The minimum absolute atomic E-state index is 0.334. The Bertz CT molecular complexity index is 1350. The number of hydrogen-bond acceptors (Lipinski definition) is 5. The van der Waals surface area contributed by atoms with Crippen molar-refractivity contribution in [2.24, 2.45) is 0 Å². The van der Waals surface area contributed by atoms with Gasteiger partial charge >= 0.3 is 5.97 Å². The molecule has 1 heterocycles. The Morgan fingerprint density at radius 3 is 2.49 bits per heavy atom. The topological polar surface area (TPSA) is 62.6 Å². The zero-order valence-electron chi connectivity index (χ0n) is 21.6. The van der Waals surface area contributed by atoms with Crippen molar-refractivity contribution in [1.29, 1.82) is 0 Å². The highest BCUT2D eigenvalue weighted by Gasteiger charge is 2.17. The van der Waals surface area contributed by atoms with Gasteiger partial charge in [0.1, 0.15) is 12.4 Å². The monoisotopic (exact) mass is 520 g/mol. The number of carbonyl (C=O) groups excluding carboxylic acids is 1. The van der Waals surface area contributed by atoms with E-state index in [9.17, 15) is 4.79 Å². The molecule has 0 saturated carbocycles. The number of benzene rings is 3. The van der Waals surface area contributed by atoms with Gasteiger partial charge in [-0.15, -0.1) is 0 Å². The lowest BCUT2D eigenvalue weighted by molar-refractivity contribution is 0.0526. The van der Waals surface area contributed by atoms with Gasteiger partial charge in [0.2, 0.25) is 0 Å². The molecular weight excluding hydrogens is 488 g/mol. The third-order valence-corrected chi connectivity index (χ3v) is 6.48. The van der Waals surface area contributed by atoms with Gasteiger partial charge in [-0.3, -0.25) is 0 Å². The minimum atomic E-state index is -0.340. The smallest absolute Gasteiger partial charge is 0.338 e. The maximum absolute atomic E-state index is 12.3. The van der Waals surface area contributed by atoms with Crippen molar-refractivity contribution in [2.75, 3.05) is 13.7 Å². The number of rotatable bonds is 12. The molecule has 7 heteroatoms. The second kappa shape index (κ2) is 12.6. The predicted octanol–water partition coefficient (Wildman–Crippen LogP) is 7.70. The van der Waals surface area contributed by atoms with Crippen LogP contribution in [0.3, 0.4) is 0 Å². The van der Waals surface area contributed by atoms with E-state index in [1.165, 1.54) is 12.8 Å². The van der Waals surface area contributed by atoms with Crippen LogP contribution in [0.5, 0.6) is 11.5 Å². The molecule has 6 nitrogen and oxygen atoms in total. The van der Waals surface area contributed by atoms with Gasteiger partial charge in [-0.2, -0.15) is 0 Å². The molecule has 37 heavy (non-hydrogen) atoms. The number of hydrogen-bond donors (Lipinski definition) is 0. The van der Waals surface area contributed by atoms with E-state index in [1.54, 1.807) is 20.1 Å². The van der Waals surface area contributed by atoms with Gasteiger partial charge in [0.25, 0.3) is 0 Å². The minimum Gasteiger partial charge on any atom is -0.493 e. The standard InChI is InChI=1S/C30H33ClN2O4/c1-4-6-7-8-17-33-26-15-11-23(30(34)36-5-2)18-25(26)32-29(33)22-12-16-27(28(19-22)35-3)37-20-21-9-13-24(31)14-10-21/h9-16,18-19H,4-8,17,20H2,1-3H3. The molecule has 0 spiro atoms. The van der Waals surface area contributed by atoms with Crippen LogP contribution in [0.2, 0.25) is 5.02 Å². The molecule has 0 amide bonds. The van der Waals surface area contributed by atoms with E-state index in [4.69, 9.17) is 30.8 Å². The van der Waals surface area contributed by atoms with Crippen molar-refractivity contribution in [3.8, 4) is 22.9 Å². The summed E-state index contributed by atoms with van der Waals surface area (Å²) in [7, 11) is 1.63. The number of imidazole rings is 1. The highest BCUT2D eigenvalue weighted by molar-refractivity contribution is 6.30. The van der Waals surface area contributed by atoms with Crippen molar-refractivity contribution in [1.82, 2.24) is 9.55 Å². The summed E-state index contributed by atoms with van der Waals surface area (Å²) in [6.45, 7) is 5.58. The zero-order valence-corrected chi connectivity index (χ0v) is 22.4. The highest BCUT2D eigenvalue weighted by Crippen LogP contribution is 2.34. The maximum atomic E-state index is 12.3. The summed E-state index contributed by atoms with van der Waals surface area (Å²) >= 11 is 5.99. The lowest BCUT2D eigenvalue weighted by Gasteiger charge is -2.14. The average Bonchev–Trinajstić information content (AvgIpc) is 3.28. The average molecular weight is 521 g/mol. The maximum Gasteiger partial charge on any atom is 0.338 e. The Balaban J connectivity index is 1.66. The zero-order chi connectivity index (χ0) is 26.2. The first-order chi connectivity index (χ1) is 18.0. The van der Waals surface area contributed by atoms with Crippen LogP contribution in [0.25, 0.3) is 22.4 Å². The number of fused-ring (bicyclic) bond motifs is 1. The lowest BCUT2D eigenvalue weighted by atomic mass is 10.1. The number of nitrogens with zero attached hydrogens (tertiary/aromatic N) is 2. The predicted molar refractivity (Wildman–Crippen MR) is 148 cm³/mol. The van der Waals surface area contributed by atoms with Crippen LogP contribution in [-0.2, 0) is 17.9 Å². The number of halogens is 1. The second-order valence-corrected chi connectivity index (χ2v) is 9.29. The summed E-state index contributed by atoms with van der Waals surface area (Å²) in [4.78, 5) is 17.2. The summed E-state index contributed by atoms with van der Waals surface area (Å²) in [5.41, 5.74) is 4.18. The molecule has 0 radical (unpaired) electrons. The number of methoxy groups -OCH3 is 1. The van der Waals surface area contributed by atoms with Crippen molar-refractivity contribution < 1.29 is 19.0 Å². The van der Waals surface area contributed by atoms with Crippen LogP contribution in [0.1, 0.15) is 55.5 Å². The summed E-state index contributed by atoms with van der Waals surface area (Å²) < 4.78 is 19.1. The molecular formula is C30H33ClN2O4. The highest BCUT2D eigenvalue weighted by atomic mass is 35.5. The molecule has 1 aromatic heterocycles. The first kappa shape index (κ1) is 26.6. The van der Waals surface area contributed by atoms with E-state index in [0.717, 1.165) is 47.4 Å². The Labute approximate surface area is 223 Å². The summed E-state index contributed by atoms with van der Waals surface area (Å²) in [5.74, 6) is 1.77. The lowest BCUT2D eigenvalue weighted by Crippen LogP contribution is -2.04. The normalized spacial score (nSPS) is 11.0. The summed E-state index contributed by atoms with van der Waals surface area (Å²) in [5, 5.41) is 0.692. The van der Waals surface area contributed by atoms with Gasteiger partial charge in [0.05, 0.1) is 30.3 Å². The second-order valence-electron chi connectivity index (χ2n) is 8.85. The molecule has 0 saturated heterocycles. The molecule has 0 bridgehead atoms. The fourth-order valence-corrected chi connectivity index (χ4v) is 4.41. The van der Waals surface area contributed by atoms with Crippen molar-refractivity contribution in [3.05, 3.63) is 76.8 Å². The van der Waals surface area contributed by atoms with Gasteiger partial charge in [0, 0.05) is 17.1 Å². The first-order valence-corrected chi connectivity index (χ1v) is 13.1. The number of esters is 1. The molecule has 0 fully saturated rings. The van der Waals surface area contributed by atoms with Gasteiger partial charge in [0.15, 0.2) is 11.5 Å². The molecule has 0 aliphatic carbocycles. The Hall–Kier alpha value is -3.51. The molecule has 194 valence electrons. The molecule has 4 aromatic rings. The van der Waals surface area contributed by atoms with Crippen molar-refractivity contribution in [3.63, 3.8) is 0 Å². The summed E-state index contributed by atoms with van der Waals surface area (Å²) in [6.07, 6.45) is 4.57. The Morgan fingerprint density at radius 2 is 1.76 bits per heavy atom. The molecule has 3 aromatic carbocycles. The largest absolute Gasteiger partial charge is 0.493 e. The van der Waals surface area contributed by atoms with Gasteiger partial charge in [-0.05, 0) is 67.4 Å². The first-order valence-electron chi connectivity index (χ1n) is 12.8.